The van der Waals surface area contributed by atoms with Crippen LogP contribution < -0.4 is 0 Å². The Labute approximate surface area is 70.0 Å². The molecule has 0 heterocycles. The third kappa shape index (κ3) is 2.21. The maximum Gasteiger partial charge on any atom is -0.0199 e. The first-order valence-electron chi connectivity index (χ1n) is 4.52. The van der Waals surface area contributed by atoms with Crippen molar-refractivity contribution >= 4 is 0 Å². The summed E-state index contributed by atoms with van der Waals surface area (Å²) < 4.78 is 0. The monoisotopic (exact) mass is 150 g/mol. The van der Waals surface area contributed by atoms with Crippen LogP contribution in [0.2, 0.25) is 0 Å². The largest absolute Gasteiger partial charge is 0.103 e. The Morgan fingerprint density at radius 3 is 2.73 bits per heavy atom. The number of rotatable bonds is 1. The Morgan fingerprint density at radius 2 is 2.09 bits per heavy atom. The lowest BCUT2D eigenvalue weighted by atomic mass is 9.98. The van der Waals surface area contributed by atoms with E-state index in [1.165, 1.54) is 25.7 Å². The third-order valence-corrected chi connectivity index (χ3v) is 2.76. The SMILES string of the molecule is C=C[C@@H]1CCCC(C)=C(C)C1. The lowest BCUT2D eigenvalue weighted by Gasteiger charge is -2.08. The molecule has 0 saturated heterocycles. The van der Waals surface area contributed by atoms with E-state index in [1.54, 1.807) is 11.1 Å². The van der Waals surface area contributed by atoms with Gasteiger partial charge in [0.2, 0.25) is 0 Å². The van der Waals surface area contributed by atoms with Gasteiger partial charge >= 0.3 is 0 Å². The van der Waals surface area contributed by atoms with E-state index < -0.39 is 0 Å². The number of hydrogen-bond donors (Lipinski definition) is 0. The first kappa shape index (κ1) is 8.58. The molecule has 1 aliphatic rings. The fourth-order valence-electron chi connectivity index (χ4n) is 1.71. The van der Waals surface area contributed by atoms with Gasteiger partial charge in [-0.1, -0.05) is 17.2 Å². The molecule has 0 bridgehead atoms. The Balaban J connectivity index is 2.64. The van der Waals surface area contributed by atoms with Gasteiger partial charge in [-0.05, 0) is 45.4 Å². The summed E-state index contributed by atoms with van der Waals surface area (Å²) in [5, 5.41) is 0. The van der Waals surface area contributed by atoms with Crippen LogP contribution in [0.4, 0.5) is 0 Å². The van der Waals surface area contributed by atoms with Crippen molar-refractivity contribution < 1.29 is 0 Å². The normalized spacial score (nSPS) is 26.5. The van der Waals surface area contributed by atoms with Crippen LogP contribution in [0, 0.1) is 5.92 Å². The molecule has 0 heteroatoms. The average Bonchev–Trinajstić information content (AvgIpc) is 2.15. The van der Waals surface area contributed by atoms with Gasteiger partial charge in [-0.3, -0.25) is 0 Å². The standard InChI is InChI=1S/C11H18/c1-4-11-7-5-6-9(2)10(3)8-11/h4,11H,1,5-8H2,2-3H3/t11-/m1/s1. The van der Waals surface area contributed by atoms with Crippen LogP contribution >= 0.6 is 0 Å². The highest BCUT2D eigenvalue weighted by Crippen LogP contribution is 2.27. The molecule has 0 aromatic heterocycles. The van der Waals surface area contributed by atoms with Crippen LogP contribution in [0.3, 0.4) is 0 Å². The molecule has 0 N–H and O–H groups in total. The van der Waals surface area contributed by atoms with Crippen LogP contribution in [-0.4, -0.2) is 0 Å². The molecule has 0 aliphatic heterocycles. The zero-order valence-electron chi connectivity index (χ0n) is 7.69. The van der Waals surface area contributed by atoms with E-state index in [9.17, 15) is 0 Å². The van der Waals surface area contributed by atoms with Crippen molar-refractivity contribution in [3.05, 3.63) is 23.8 Å². The van der Waals surface area contributed by atoms with Crippen molar-refractivity contribution in [2.45, 2.75) is 39.5 Å². The van der Waals surface area contributed by atoms with E-state index in [0.29, 0.717) is 0 Å². The molecule has 0 fully saturated rings. The number of allylic oxidation sites excluding steroid dienone is 3. The summed E-state index contributed by atoms with van der Waals surface area (Å²) >= 11 is 0. The van der Waals surface area contributed by atoms with Gasteiger partial charge in [-0.25, -0.2) is 0 Å². The number of hydrogen-bond acceptors (Lipinski definition) is 0. The van der Waals surface area contributed by atoms with Gasteiger partial charge in [0.25, 0.3) is 0 Å². The molecule has 0 saturated carbocycles. The highest BCUT2D eigenvalue weighted by molar-refractivity contribution is 5.13. The van der Waals surface area contributed by atoms with Crippen LogP contribution in [0.15, 0.2) is 23.8 Å². The smallest absolute Gasteiger partial charge is 0.0199 e. The van der Waals surface area contributed by atoms with Crippen LogP contribution in [0.1, 0.15) is 39.5 Å². The van der Waals surface area contributed by atoms with Gasteiger partial charge in [-0.2, -0.15) is 0 Å². The summed E-state index contributed by atoms with van der Waals surface area (Å²) in [6.07, 6.45) is 7.34. The highest BCUT2D eigenvalue weighted by atomic mass is 14.2. The fourth-order valence-corrected chi connectivity index (χ4v) is 1.71. The van der Waals surface area contributed by atoms with Gasteiger partial charge in [0.15, 0.2) is 0 Å². The molecule has 1 rings (SSSR count). The quantitative estimate of drug-likeness (QED) is 0.500. The second-order valence-corrected chi connectivity index (χ2v) is 3.65. The molecule has 0 amide bonds. The van der Waals surface area contributed by atoms with E-state index >= 15 is 0 Å². The Morgan fingerprint density at radius 1 is 1.36 bits per heavy atom. The van der Waals surface area contributed by atoms with Crippen molar-refractivity contribution in [1.29, 1.82) is 0 Å². The molecule has 0 aromatic carbocycles. The van der Waals surface area contributed by atoms with Crippen LogP contribution in [0.25, 0.3) is 0 Å². The van der Waals surface area contributed by atoms with E-state index in [4.69, 9.17) is 0 Å². The van der Waals surface area contributed by atoms with Crippen molar-refractivity contribution in [2.75, 3.05) is 0 Å². The minimum atomic E-state index is 0.743. The first-order chi connectivity index (χ1) is 5.24. The molecular formula is C11H18. The Kier molecular flexibility index (Phi) is 2.92. The fraction of sp³-hybridized carbons (Fsp3) is 0.636. The molecule has 11 heavy (non-hydrogen) atoms. The summed E-state index contributed by atoms with van der Waals surface area (Å²) in [7, 11) is 0. The summed E-state index contributed by atoms with van der Waals surface area (Å²) in [6, 6.07) is 0. The summed E-state index contributed by atoms with van der Waals surface area (Å²) in [5.74, 6) is 0.743. The van der Waals surface area contributed by atoms with Crippen molar-refractivity contribution in [1.82, 2.24) is 0 Å². The zero-order valence-corrected chi connectivity index (χ0v) is 7.69. The topological polar surface area (TPSA) is 0 Å². The molecule has 0 nitrogen and oxygen atoms in total. The van der Waals surface area contributed by atoms with Crippen molar-refractivity contribution in [2.24, 2.45) is 5.92 Å². The minimum absolute atomic E-state index is 0.743. The third-order valence-electron chi connectivity index (χ3n) is 2.76. The molecule has 0 aromatic rings. The second kappa shape index (κ2) is 3.75. The van der Waals surface area contributed by atoms with Crippen LogP contribution in [0.5, 0.6) is 0 Å². The molecule has 1 aliphatic carbocycles. The molecule has 0 spiro atoms. The first-order valence-corrected chi connectivity index (χ1v) is 4.52. The Bertz CT molecular complexity index is 174. The predicted molar refractivity (Wildman–Crippen MR) is 50.5 cm³/mol. The maximum absolute atomic E-state index is 3.86. The molecule has 0 radical (unpaired) electrons. The molecular weight excluding hydrogens is 132 g/mol. The van der Waals surface area contributed by atoms with E-state index in [0.717, 1.165) is 5.92 Å². The van der Waals surface area contributed by atoms with Gasteiger partial charge < -0.3 is 0 Å². The highest BCUT2D eigenvalue weighted by Gasteiger charge is 2.10. The molecule has 62 valence electrons. The Hall–Kier alpha value is -0.520. The lowest BCUT2D eigenvalue weighted by Crippen LogP contribution is -1.93. The maximum atomic E-state index is 3.86. The van der Waals surface area contributed by atoms with Crippen molar-refractivity contribution in [3.8, 4) is 0 Å². The average molecular weight is 150 g/mol. The van der Waals surface area contributed by atoms with E-state index in [1.807, 2.05) is 0 Å². The van der Waals surface area contributed by atoms with Crippen molar-refractivity contribution in [3.63, 3.8) is 0 Å². The summed E-state index contributed by atoms with van der Waals surface area (Å²) in [6.45, 7) is 8.39. The summed E-state index contributed by atoms with van der Waals surface area (Å²) in [5.41, 5.74) is 3.20. The lowest BCUT2D eigenvalue weighted by molar-refractivity contribution is 0.578. The second-order valence-electron chi connectivity index (χ2n) is 3.65. The van der Waals surface area contributed by atoms with Crippen LogP contribution in [-0.2, 0) is 0 Å². The van der Waals surface area contributed by atoms with E-state index in [-0.39, 0.29) is 0 Å². The minimum Gasteiger partial charge on any atom is -0.103 e. The van der Waals surface area contributed by atoms with Gasteiger partial charge in [0.05, 0.1) is 0 Å². The van der Waals surface area contributed by atoms with E-state index in [2.05, 4.69) is 26.5 Å². The van der Waals surface area contributed by atoms with Gasteiger partial charge in [-0.15, -0.1) is 6.58 Å². The van der Waals surface area contributed by atoms with Gasteiger partial charge in [0, 0.05) is 0 Å². The predicted octanol–water partition coefficient (Wildman–Crippen LogP) is 3.70. The van der Waals surface area contributed by atoms with Gasteiger partial charge in [0.1, 0.15) is 0 Å². The summed E-state index contributed by atoms with van der Waals surface area (Å²) in [4.78, 5) is 0. The zero-order chi connectivity index (χ0) is 8.27. The molecule has 0 unspecified atom stereocenters. The molecule has 1 atom stereocenters.